The zero-order valence-electron chi connectivity index (χ0n) is 17.7. The molecular formula is C26H27FN2O2. The average Bonchev–Trinajstić information content (AvgIpc) is 2.78. The molecule has 1 atom stereocenters. The van der Waals surface area contributed by atoms with Crippen LogP contribution >= 0.6 is 0 Å². The molecule has 1 N–H and O–H groups in total. The fraction of sp³-hybridized carbons (Fsp3) is 0.231. The Balaban J connectivity index is 1.66. The Morgan fingerprint density at radius 2 is 1.84 bits per heavy atom. The van der Waals surface area contributed by atoms with E-state index in [4.69, 9.17) is 4.74 Å². The molecule has 3 aromatic rings. The third-order valence-electron chi connectivity index (χ3n) is 4.74. The van der Waals surface area contributed by atoms with E-state index in [1.807, 2.05) is 42.5 Å². The molecule has 1 heterocycles. The van der Waals surface area contributed by atoms with Gasteiger partial charge in [-0.05, 0) is 61.6 Å². The maximum Gasteiger partial charge on any atom is 0.162 e. The third kappa shape index (κ3) is 6.59. The molecule has 4 nitrogen and oxygen atoms in total. The van der Waals surface area contributed by atoms with Crippen LogP contribution in [0.3, 0.4) is 0 Å². The van der Waals surface area contributed by atoms with E-state index in [1.165, 1.54) is 6.07 Å². The molecule has 0 radical (unpaired) electrons. The fourth-order valence-electron chi connectivity index (χ4n) is 3.08. The Bertz CT molecular complexity index is 1010. The topological polar surface area (TPSA) is 55.2 Å². The van der Waals surface area contributed by atoms with Gasteiger partial charge in [0.2, 0.25) is 0 Å². The van der Waals surface area contributed by atoms with Crippen LogP contribution in [-0.4, -0.2) is 27.8 Å². The van der Waals surface area contributed by atoms with Crippen molar-refractivity contribution in [1.82, 2.24) is 9.97 Å². The Hall–Kier alpha value is -3.31. The number of hydrogen-bond donors (Lipinski definition) is 1. The Morgan fingerprint density at radius 1 is 1.10 bits per heavy atom. The fourth-order valence-corrected chi connectivity index (χ4v) is 3.08. The van der Waals surface area contributed by atoms with E-state index in [9.17, 15) is 9.50 Å². The number of ether oxygens (including phenoxy) is 1. The van der Waals surface area contributed by atoms with E-state index in [2.05, 4.69) is 16.5 Å². The van der Waals surface area contributed by atoms with E-state index in [-0.39, 0.29) is 11.9 Å². The van der Waals surface area contributed by atoms with Gasteiger partial charge in [-0.25, -0.2) is 14.4 Å². The van der Waals surface area contributed by atoms with Gasteiger partial charge in [0.05, 0.1) is 11.7 Å². The van der Waals surface area contributed by atoms with Gasteiger partial charge < -0.3 is 9.84 Å². The van der Waals surface area contributed by atoms with Crippen LogP contribution in [0.2, 0.25) is 0 Å². The molecule has 0 aliphatic rings. The number of halogens is 1. The molecular weight excluding hydrogens is 391 g/mol. The van der Waals surface area contributed by atoms with Gasteiger partial charge >= 0.3 is 0 Å². The molecule has 0 saturated heterocycles. The molecule has 1 aromatic heterocycles. The first-order valence-corrected chi connectivity index (χ1v) is 10.4. The summed E-state index contributed by atoms with van der Waals surface area (Å²) in [6, 6.07) is 12.7. The highest BCUT2D eigenvalue weighted by molar-refractivity contribution is 5.65. The predicted molar refractivity (Wildman–Crippen MR) is 123 cm³/mol. The highest BCUT2D eigenvalue weighted by Crippen LogP contribution is 2.25. The number of unbranched alkanes of at least 4 members (excludes halogenated alkanes) is 1. The minimum absolute atomic E-state index is 0.285. The maximum absolute atomic E-state index is 14.6. The summed E-state index contributed by atoms with van der Waals surface area (Å²) in [4.78, 5) is 8.71. The molecule has 0 amide bonds. The average molecular weight is 419 g/mol. The first kappa shape index (κ1) is 22.4. The first-order chi connectivity index (χ1) is 15.1. The second-order valence-corrected chi connectivity index (χ2v) is 7.34. The van der Waals surface area contributed by atoms with Crippen molar-refractivity contribution in [3.8, 4) is 28.3 Å². The summed E-state index contributed by atoms with van der Waals surface area (Å²) in [5.41, 5.74) is 2.95. The van der Waals surface area contributed by atoms with Gasteiger partial charge in [-0.15, -0.1) is 0 Å². The Kier molecular flexibility index (Phi) is 8.07. The molecule has 160 valence electrons. The minimum Gasteiger partial charge on any atom is -0.490 e. The first-order valence-electron chi connectivity index (χ1n) is 10.4. The summed E-state index contributed by atoms with van der Waals surface area (Å²) in [6.45, 7) is 5.87. The van der Waals surface area contributed by atoms with Crippen LogP contribution < -0.4 is 4.74 Å². The summed E-state index contributed by atoms with van der Waals surface area (Å²) < 4.78 is 20.1. The Labute approximate surface area is 182 Å². The largest absolute Gasteiger partial charge is 0.490 e. The van der Waals surface area contributed by atoms with Crippen LogP contribution in [0.25, 0.3) is 28.6 Å². The van der Waals surface area contributed by atoms with Crippen LogP contribution in [0.1, 0.15) is 31.7 Å². The van der Waals surface area contributed by atoms with Crippen LogP contribution in [0.15, 0.2) is 73.6 Å². The number of hydrogen-bond acceptors (Lipinski definition) is 4. The summed E-state index contributed by atoms with van der Waals surface area (Å²) in [6.07, 6.45) is 11.2. The van der Waals surface area contributed by atoms with Gasteiger partial charge in [-0.3, -0.25) is 0 Å². The number of rotatable bonds is 10. The van der Waals surface area contributed by atoms with Crippen LogP contribution in [-0.2, 0) is 0 Å². The van der Waals surface area contributed by atoms with Crippen molar-refractivity contribution >= 4 is 6.08 Å². The SMILES string of the molecule is C=CCOc1ccc(-c2cnc(-c3ccc(C=CCCCC(C)O)cc3F)nc2)cc1. The molecule has 0 spiro atoms. The quantitative estimate of drug-likeness (QED) is 0.320. The molecule has 3 rings (SSSR count). The normalized spacial score (nSPS) is 12.1. The van der Waals surface area contributed by atoms with Crippen molar-refractivity contribution in [3.05, 3.63) is 85.0 Å². The number of benzene rings is 2. The zero-order valence-corrected chi connectivity index (χ0v) is 17.7. The molecule has 0 saturated carbocycles. The standard InChI is InChI=1S/C26H27FN2O2/c1-3-15-31-23-12-10-21(11-13-23)22-17-28-26(29-18-22)24-14-9-20(16-25(24)27)8-6-4-5-7-19(2)30/h3,6,8-14,16-19,30H,1,4-5,7,15H2,2H3. The van der Waals surface area contributed by atoms with Crippen molar-refractivity contribution in [1.29, 1.82) is 0 Å². The van der Waals surface area contributed by atoms with Gasteiger partial charge in [-0.2, -0.15) is 0 Å². The summed E-state index contributed by atoms with van der Waals surface area (Å²) >= 11 is 0. The van der Waals surface area contributed by atoms with Crippen LogP contribution in [0.5, 0.6) is 5.75 Å². The van der Waals surface area contributed by atoms with E-state index in [0.717, 1.165) is 41.7 Å². The predicted octanol–water partition coefficient (Wildman–Crippen LogP) is 6.08. The van der Waals surface area contributed by atoms with Crippen molar-refractivity contribution in [2.45, 2.75) is 32.3 Å². The van der Waals surface area contributed by atoms with E-state index in [1.54, 1.807) is 31.5 Å². The van der Waals surface area contributed by atoms with Crippen molar-refractivity contribution in [3.63, 3.8) is 0 Å². The highest BCUT2D eigenvalue weighted by atomic mass is 19.1. The highest BCUT2D eigenvalue weighted by Gasteiger charge is 2.09. The maximum atomic E-state index is 14.6. The lowest BCUT2D eigenvalue weighted by Gasteiger charge is -2.07. The Morgan fingerprint density at radius 3 is 2.48 bits per heavy atom. The van der Waals surface area contributed by atoms with Crippen molar-refractivity contribution in [2.24, 2.45) is 0 Å². The van der Waals surface area contributed by atoms with E-state index in [0.29, 0.717) is 18.0 Å². The minimum atomic E-state index is -0.359. The van der Waals surface area contributed by atoms with Gasteiger partial charge in [0.25, 0.3) is 0 Å². The summed E-state index contributed by atoms with van der Waals surface area (Å²) in [5.74, 6) is 0.752. The lowest BCUT2D eigenvalue weighted by atomic mass is 10.1. The summed E-state index contributed by atoms with van der Waals surface area (Å²) in [7, 11) is 0. The van der Waals surface area contributed by atoms with E-state index >= 15 is 0 Å². The number of nitrogens with zero attached hydrogens (tertiary/aromatic N) is 2. The van der Waals surface area contributed by atoms with Gasteiger partial charge in [-0.1, -0.05) is 43.0 Å². The number of aliphatic hydroxyl groups excluding tert-OH is 1. The van der Waals surface area contributed by atoms with Crippen LogP contribution in [0.4, 0.5) is 4.39 Å². The smallest absolute Gasteiger partial charge is 0.162 e. The summed E-state index contributed by atoms with van der Waals surface area (Å²) in [5, 5.41) is 9.27. The van der Waals surface area contributed by atoms with Crippen LogP contribution in [0, 0.1) is 5.82 Å². The van der Waals surface area contributed by atoms with Gasteiger partial charge in [0.15, 0.2) is 5.82 Å². The molecule has 5 heteroatoms. The molecule has 31 heavy (non-hydrogen) atoms. The molecule has 1 unspecified atom stereocenters. The lowest BCUT2D eigenvalue weighted by Crippen LogP contribution is -1.97. The molecule has 0 bridgehead atoms. The van der Waals surface area contributed by atoms with E-state index < -0.39 is 0 Å². The number of allylic oxidation sites excluding steroid dienone is 1. The molecule has 0 aliphatic heterocycles. The number of aromatic nitrogens is 2. The zero-order chi connectivity index (χ0) is 22.1. The molecule has 2 aromatic carbocycles. The van der Waals surface area contributed by atoms with Gasteiger partial charge in [0.1, 0.15) is 18.2 Å². The molecule has 0 fully saturated rings. The monoisotopic (exact) mass is 418 g/mol. The van der Waals surface area contributed by atoms with Crippen molar-refractivity contribution in [2.75, 3.05) is 6.61 Å². The molecule has 0 aliphatic carbocycles. The number of aliphatic hydroxyl groups is 1. The second kappa shape index (κ2) is 11.2. The van der Waals surface area contributed by atoms with Gasteiger partial charge in [0, 0.05) is 18.0 Å². The lowest BCUT2D eigenvalue weighted by molar-refractivity contribution is 0.182. The third-order valence-corrected chi connectivity index (χ3v) is 4.74. The second-order valence-electron chi connectivity index (χ2n) is 7.34. The van der Waals surface area contributed by atoms with Crippen molar-refractivity contribution < 1.29 is 14.2 Å².